The predicted molar refractivity (Wildman–Crippen MR) is 137 cm³/mol. The highest BCUT2D eigenvalue weighted by Crippen LogP contribution is 2.25. The second kappa shape index (κ2) is 12.7. The van der Waals surface area contributed by atoms with Gasteiger partial charge >= 0.3 is 6.03 Å². The molecule has 3 aromatic rings. The largest absolute Gasteiger partial charge is 0.391 e. The van der Waals surface area contributed by atoms with Crippen LogP contribution >= 0.6 is 34.8 Å². The zero-order valence-corrected chi connectivity index (χ0v) is 21.1. The lowest BCUT2D eigenvalue weighted by Crippen LogP contribution is -2.35. The Morgan fingerprint density at radius 2 is 1.69 bits per heavy atom. The molecule has 0 saturated heterocycles. The van der Waals surface area contributed by atoms with Crippen molar-refractivity contribution in [3.63, 3.8) is 0 Å². The van der Waals surface area contributed by atoms with Gasteiger partial charge in [-0.05, 0) is 42.8 Å². The molecule has 0 heterocycles. The Labute approximate surface area is 221 Å². The number of carbonyl (C=O) groups is 2. The van der Waals surface area contributed by atoms with Gasteiger partial charge in [0.05, 0.1) is 10.7 Å². The van der Waals surface area contributed by atoms with E-state index in [0.29, 0.717) is 33.3 Å². The van der Waals surface area contributed by atoms with Crippen molar-refractivity contribution in [3.05, 3.63) is 98.0 Å². The van der Waals surface area contributed by atoms with E-state index < -0.39 is 29.1 Å². The SMILES string of the molecule is CCC/C(=N\OCc1ccc(NC(=O)NC(=O)c2c(F)cccc2F)cc1Cl)c1ccc(Cl)cc1Cl. The molecule has 0 aromatic heterocycles. The highest BCUT2D eigenvalue weighted by Gasteiger charge is 2.19. The minimum atomic E-state index is -1.22. The van der Waals surface area contributed by atoms with Gasteiger partial charge in [-0.2, -0.15) is 0 Å². The first-order valence-electron chi connectivity index (χ1n) is 10.7. The molecular weight excluding hydrogens is 535 g/mol. The third kappa shape index (κ3) is 7.16. The van der Waals surface area contributed by atoms with Crippen LogP contribution in [0.2, 0.25) is 15.1 Å². The maximum Gasteiger partial charge on any atom is 0.326 e. The number of rotatable bonds is 8. The van der Waals surface area contributed by atoms with E-state index in [9.17, 15) is 18.4 Å². The summed E-state index contributed by atoms with van der Waals surface area (Å²) in [5, 5.41) is 9.69. The molecule has 0 unspecified atom stereocenters. The molecule has 0 fully saturated rings. The maximum atomic E-state index is 13.7. The lowest BCUT2D eigenvalue weighted by molar-refractivity contribution is 0.0959. The third-order valence-electron chi connectivity index (χ3n) is 4.85. The summed E-state index contributed by atoms with van der Waals surface area (Å²) in [6.45, 7) is 2.03. The van der Waals surface area contributed by atoms with E-state index in [4.69, 9.17) is 39.6 Å². The lowest BCUT2D eigenvalue weighted by Gasteiger charge is -2.11. The summed E-state index contributed by atoms with van der Waals surface area (Å²) in [4.78, 5) is 29.7. The lowest BCUT2D eigenvalue weighted by atomic mass is 10.1. The summed E-state index contributed by atoms with van der Waals surface area (Å²) in [5.41, 5.74) is 1.33. The summed E-state index contributed by atoms with van der Waals surface area (Å²) >= 11 is 18.5. The van der Waals surface area contributed by atoms with Crippen LogP contribution in [0.5, 0.6) is 0 Å². The van der Waals surface area contributed by atoms with Crippen molar-refractivity contribution in [2.24, 2.45) is 5.16 Å². The topological polar surface area (TPSA) is 79.8 Å². The van der Waals surface area contributed by atoms with Gasteiger partial charge in [0, 0.05) is 26.9 Å². The molecule has 0 aliphatic rings. The van der Waals surface area contributed by atoms with E-state index >= 15 is 0 Å². The molecule has 36 heavy (non-hydrogen) atoms. The molecule has 0 radical (unpaired) electrons. The van der Waals surface area contributed by atoms with E-state index in [-0.39, 0.29) is 17.3 Å². The standard InChI is InChI=1S/C25H20Cl3F2N3O3/c1-2-4-22(17-10-8-15(26)11-19(17)28)33-36-13-14-7-9-16(12-18(14)27)31-25(35)32-24(34)23-20(29)5-3-6-21(23)30/h3,5-12H,2,4,13H2,1H3,(H2,31,32,34,35)/b33-22+. The molecule has 0 aliphatic carbocycles. The van der Waals surface area contributed by atoms with Crippen LogP contribution in [-0.4, -0.2) is 17.6 Å². The van der Waals surface area contributed by atoms with Crippen LogP contribution in [0.15, 0.2) is 59.8 Å². The van der Waals surface area contributed by atoms with Crippen molar-refractivity contribution in [3.8, 4) is 0 Å². The molecule has 6 nitrogen and oxygen atoms in total. The zero-order chi connectivity index (χ0) is 26.2. The van der Waals surface area contributed by atoms with E-state index in [1.807, 2.05) is 12.2 Å². The van der Waals surface area contributed by atoms with Crippen LogP contribution in [-0.2, 0) is 11.4 Å². The second-order valence-corrected chi connectivity index (χ2v) is 8.75. The first kappa shape index (κ1) is 27.4. The number of imide groups is 1. The van der Waals surface area contributed by atoms with E-state index in [0.717, 1.165) is 24.6 Å². The summed E-state index contributed by atoms with van der Waals surface area (Å²) < 4.78 is 27.4. The normalized spacial score (nSPS) is 11.2. The molecule has 3 rings (SSSR count). The zero-order valence-electron chi connectivity index (χ0n) is 18.9. The molecule has 188 valence electrons. The van der Waals surface area contributed by atoms with Crippen LogP contribution in [0.4, 0.5) is 19.3 Å². The molecule has 3 amide bonds. The molecule has 3 aromatic carbocycles. The fourth-order valence-corrected chi connectivity index (χ4v) is 3.91. The number of oxime groups is 1. The molecule has 0 spiro atoms. The first-order valence-corrected chi connectivity index (χ1v) is 11.8. The van der Waals surface area contributed by atoms with Crippen molar-refractivity contribution in [2.75, 3.05) is 5.32 Å². The number of urea groups is 1. The number of benzene rings is 3. The number of carbonyl (C=O) groups excluding carboxylic acids is 2. The van der Waals surface area contributed by atoms with Gasteiger partial charge in [0.25, 0.3) is 5.91 Å². The molecule has 0 aliphatic heterocycles. The number of nitrogens with one attached hydrogen (secondary N) is 2. The average Bonchev–Trinajstić information content (AvgIpc) is 2.80. The fourth-order valence-electron chi connectivity index (χ4n) is 3.15. The van der Waals surface area contributed by atoms with Gasteiger partial charge in [0.1, 0.15) is 23.8 Å². The van der Waals surface area contributed by atoms with Gasteiger partial charge in [-0.15, -0.1) is 0 Å². The summed E-state index contributed by atoms with van der Waals surface area (Å²) in [6, 6.07) is 11.6. The van der Waals surface area contributed by atoms with Crippen LogP contribution in [0, 0.1) is 11.6 Å². The van der Waals surface area contributed by atoms with Crippen LogP contribution in [0.3, 0.4) is 0 Å². The van der Waals surface area contributed by atoms with Crippen molar-refractivity contribution in [1.29, 1.82) is 0 Å². The van der Waals surface area contributed by atoms with Crippen molar-refractivity contribution >= 4 is 58.1 Å². The van der Waals surface area contributed by atoms with Crippen molar-refractivity contribution < 1.29 is 23.2 Å². The predicted octanol–water partition coefficient (Wildman–Crippen LogP) is 7.61. The van der Waals surface area contributed by atoms with E-state index in [1.54, 1.807) is 24.3 Å². The van der Waals surface area contributed by atoms with Crippen LogP contribution in [0.1, 0.15) is 41.3 Å². The molecule has 0 bridgehead atoms. The molecule has 0 saturated carbocycles. The summed E-state index contributed by atoms with van der Waals surface area (Å²) in [7, 11) is 0. The number of halogens is 5. The monoisotopic (exact) mass is 553 g/mol. The quantitative estimate of drug-likeness (QED) is 0.222. The van der Waals surface area contributed by atoms with Gasteiger partial charge in [-0.25, -0.2) is 13.6 Å². The Morgan fingerprint density at radius 3 is 2.33 bits per heavy atom. The van der Waals surface area contributed by atoms with Crippen LogP contribution in [0.25, 0.3) is 0 Å². The molecule has 11 heteroatoms. The van der Waals surface area contributed by atoms with Crippen molar-refractivity contribution in [2.45, 2.75) is 26.4 Å². The number of amides is 3. The first-order chi connectivity index (χ1) is 17.2. The van der Waals surface area contributed by atoms with Gasteiger partial charge in [-0.3, -0.25) is 10.1 Å². The minimum absolute atomic E-state index is 0.0365. The molecular formula is C25H20Cl3F2N3O3. The molecule has 2 N–H and O–H groups in total. The number of hydrogen-bond acceptors (Lipinski definition) is 4. The molecule has 0 atom stereocenters. The Kier molecular flexibility index (Phi) is 9.64. The third-order valence-corrected chi connectivity index (χ3v) is 5.75. The average molecular weight is 555 g/mol. The van der Waals surface area contributed by atoms with E-state index in [2.05, 4.69) is 10.5 Å². The number of nitrogens with zero attached hydrogens (tertiary/aromatic N) is 1. The summed E-state index contributed by atoms with van der Waals surface area (Å²) in [6.07, 6.45) is 1.44. The van der Waals surface area contributed by atoms with Gasteiger partial charge < -0.3 is 10.2 Å². The van der Waals surface area contributed by atoms with E-state index in [1.165, 1.54) is 12.1 Å². The Morgan fingerprint density at radius 1 is 0.972 bits per heavy atom. The highest BCUT2D eigenvalue weighted by molar-refractivity contribution is 6.37. The van der Waals surface area contributed by atoms with Gasteiger partial charge in [0.15, 0.2) is 0 Å². The Bertz CT molecular complexity index is 1300. The Hall–Kier alpha value is -3.20. The fraction of sp³-hybridized carbons (Fsp3) is 0.160. The number of anilines is 1. The Balaban J connectivity index is 1.63. The summed E-state index contributed by atoms with van der Waals surface area (Å²) in [5.74, 6) is -3.40. The minimum Gasteiger partial charge on any atom is -0.391 e. The smallest absolute Gasteiger partial charge is 0.326 e. The second-order valence-electron chi connectivity index (χ2n) is 7.50. The number of hydrogen-bond donors (Lipinski definition) is 2. The maximum absolute atomic E-state index is 13.7. The van der Waals surface area contributed by atoms with Gasteiger partial charge in [0.2, 0.25) is 0 Å². The van der Waals surface area contributed by atoms with Crippen LogP contribution < -0.4 is 10.6 Å². The van der Waals surface area contributed by atoms with Crippen molar-refractivity contribution in [1.82, 2.24) is 5.32 Å². The van der Waals surface area contributed by atoms with Gasteiger partial charge in [-0.1, -0.05) is 71.5 Å². The highest BCUT2D eigenvalue weighted by atomic mass is 35.5.